The van der Waals surface area contributed by atoms with Gasteiger partial charge in [-0.15, -0.1) is 0 Å². The summed E-state index contributed by atoms with van der Waals surface area (Å²) in [5, 5.41) is 22.9. The number of allylic oxidation sites excluding steroid dienone is 5. The van der Waals surface area contributed by atoms with Crippen LogP contribution in [0.1, 0.15) is 68.2 Å². The van der Waals surface area contributed by atoms with E-state index >= 15 is 0 Å². The molecule has 2 N–H and O–H groups in total. The molecule has 0 radical (unpaired) electrons. The number of hydrogen-bond donors (Lipinski definition) is 2. The van der Waals surface area contributed by atoms with Gasteiger partial charge in [-0.05, 0) is 70.9 Å². The molecule has 2 aliphatic rings. The quantitative estimate of drug-likeness (QED) is 0.200. The zero-order valence-corrected chi connectivity index (χ0v) is 26.7. The Morgan fingerprint density at radius 2 is 1.93 bits per heavy atom. The van der Waals surface area contributed by atoms with Crippen molar-refractivity contribution in [3.63, 3.8) is 0 Å². The molecule has 1 aromatic rings. The van der Waals surface area contributed by atoms with Crippen molar-refractivity contribution in [1.29, 1.82) is 5.26 Å². The number of carboxylic acid groups (broad SMARTS) is 1. The Bertz CT molecular complexity index is 1400. The van der Waals surface area contributed by atoms with Crippen LogP contribution < -0.4 is 15.9 Å². The third-order valence-electron chi connectivity index (χ3n) is 7.55. The summed E-state index contributed by atoms with van der Waals surface area (Å²) in [4.78, 5) is 12.9. The van der Waals surface area contributed by atoms with Crippen molar-refractivity contribution in [3.8, 4) is 6.07 Å². The van der Waals surface area contributed by atoms with Crippen molar-refractivity contribution in [2.45, 2.75) is 79.9 Å². The van der Waals surface area contributed by atoms with Crippen LogP contribution in [0, 0.1) is 23.2 Å². The fraction of sp³-hybridized carbons (Fsp3) is 0.500. The molecule has 0 bridgehead atoms. The molecule has 3 rings (SSSR count). The largest absolute Gasteiger partial charge is 0.489 e. The van der Waals surface area contributed by atoms with Crippen molar-refractivity contribution < 1.29 is 19.4 Å². The molecule has 1 aromatic heterocycles. The number of nitrogens with zero attached hydrogens (tertiary/aromatic N) is 3. The minimum Gasteiger partial charge on any atom is -0.489 e. The Balaban J connectivity index is 0.00000197. The van der Waals surface area contributed by atoms with E-state index in [4.69, 9.17) is 19.4 Å². The van der Waals surface area contributed by atoms with Crippen LogP contribution in [0.3, 0.4) is 0 Å². The summed E-state index contributed by atoms with van der Waals surface area (Å²) >= 11 is 0. The van der Waals surface area contributed by atoms with Gasteiger partial charge in [0.1, 0.15) is 23.8 Å². The van der Waals surface area contributed by atoms with Crippen molar-refractivity contribution in [2.75, 3.05) is 20.3 Å². The van der Waals surface area contributed by atoms with E-state index in [9.17, 15) is 5.26 Å². The van der Waals surface area contributed by atoms with Gasteiger partial charge in [-0.25, -0.2) is 0 Å². The Hall–Kier alpha value is -3.83. The highest BCUT2D eigenvalue weighted by Crippen LogP contribution is 2.28. The van der Waals surface area contributed by atoms with Crippen LogP contribution >= 0.6 is 0 Å². The van der Waals surface area contributed by atoms with Crippen LogP contribution in [0.5, 0.6) is 0 Å². The molecule has 1 fully saturated rings. The lowest BCUT2D eigenvalue weighted by atomic mass is 9.94. The average molecular weight is 577 g/mol. The number of rotatable bonds is 7. The SMILES string of the molecule is C/C=C(OC1CCOCC1)\C(C#N)=C/C(C)/C(C)=C1\C=C(C(C)/C=c2/ccn(C(C)(C)C)/c2=C/C)NC1=NC.O=CO. The van der Waals surface area contributed by atoms with Crippen LogP contribution in [-0.4, -0.2) is 48.3 Å². The number of hydrogen-bond acceptors (Lipinski definition) is 5. The summed E-state index contributed by atoms with van der Waals surface area (Å²) in [6, 6.07) is 4.56. The standard InChI is InChI=1S/C33H46N4O2.CH2O2/c1-10-30-25(12-15-37(30)33(6,7)8)19-23(4)29-20-28(32(35-9)36-29)24(5)22(3)18-26(21-34)31(11-2)39-27-13-16-38-17-14-27;2-1-3/h10-12,15,18-20,22-23,27H,13-14,16-17H2,1-9H3,(H,35,36);1H,(H,2,3)/b25-19-,26-18-,28-24+,30-10+,31-11+;. The van der Waals surface area contributed by atoms with Crippen LogP contribution in [0.2, 0.25) is 0 Å². The first kappa shape index (κ1) is 34.4. The minimum atomic E-state index is -0.250. The lowest BCUT2D eigenvalue weighted by molar-refractivity contribution is -0.122. The van der Waals surface area contributed by atoms with Crippen LogP contribution in [-0.2, 0) is 19.8 Å². The zero-order chi connectivity index (χ0) is 31.4. The first-order valence-corrected chi connectivity index (χ1v) is 14.6. The predicted molar refractivity (Wildman–Crippen MR) is 170 cm³/mol. The maximum atomic E-state index is 9.96. The number of aromatic nitrogens is 1. The lowest BCUT2D eigenvalue weighted by Gasteiger charge is -2.24. The third-order valence-corrected chi connectivity index (χ3v) is 7.55. The molecule has 3 heterocycles. The predicted octanol–water partition coefficient (Wildman–Crippen LogP) is 5.18. The van der Waals surface area contributed by atoms with E-state index in [-0.39, 0.29) is 30.0 Å². The van der Waals surface area contributed by atoms with E-state index in [2.05, 4.69) is 99.9 Å². The van der Waals surface area contributed by atoms with Gasteiger partial charge < -0.3 is 24.5 Å². The van der Waals surface area contributed by atoms with E-state index in [1.54, 1.807) is 0 Å². The normalized spacial score (nSPS) is 21.1. The molecule has 8 nitrogen and oxygen atoms in total. The molecule has 8 heteroatoms. The fourth-order valence-electron chi connectivity index (χ4n) is 5.09. The van der Waals surface area contributed by atoms with Gasteiger partial charge in [-0.3, -0.25) is 9.79 Å². The smallest absolute Gasteiger partial charge is 0.290 e. The van der Waals surface area contributed by atoms with Crippen molar-refractivity contribution in [1.82, 2.24) is 9.88 Å². The van der Waals surface area contributed by atoms with Crippen LogP contribution in [0.4, 0.5) is 0 Å². The lowest BCUT2D eigenvalue weighted by Crippen LogP contribution is -2.37. The summed E-state index contributed by atoms with van der Waals surface area (Å²) in [6.45, 7) is 18.3. The zero-order valence-electron chi connectivity index (χ0n) is 26.7. The molecule has 0 aromatic carbocycles. The number of carbonyl (C=O) groups is 1. The number of ether oxygens (including phenoxy) is 2. The van der Waals surface area contributed by atoms with Crippen molar-refractivity contribution >= 4 is 24.5 Å². The number of nitrogens with one attached hydrogen (secondary N) is 1. The molecular formula is C34H48N4O4. The average Bonchev–Trinajstić information content (AvgIpc) is 3.59. The van der Waals surface area contributed by atoms with Gasteiger partial charge in [-0.1, -0.05) is 37.6 Å². The molecule has 0 aliphatic carbocycles. The summed E-state index contributed by atoms with van der Waals surface area (Å²) in [7, 11) is 1.81. The van der Waals surface area contributed by atoms with Gasteiger partial charge in [0.05, 0.1) is 18.8 Å². The van der Waals surface area contributed by atoms with Crippen molar-refractivity contribution in [2.24, 2.45) is 16.8 Å². The van der Waals surface area contributed by atoms with E-state index in [0.29, 0.717) is 24.5 Å². The molecule has 1 saturated heterocycles. The molecule has 2 atom stereocenters. The molecule has 0 amide bonds. The van der Waals surface area contributed by atoms with Crippen LogP contribution in [0.25, 0.3) is 12.2 Å². The van der Waals surface area contributed by atoms with E-state index in [1.807, 2.05) is 26.1 Å². The van der Waals surface area contributed by atoms with Gasteiger partial charge in [-0.2, -0.15) is 5.26 Å². The summed E-state index contributed by atoms with van der Waals surface area (Å²) in [5.41, 5.74) is 3.93. The highest BCUT2D eigenvalue weighted by Gasteiger charge is 2.24. The molecule has 2 aliphatic heterocycles. The summed E-state index contributed by atoms with van der Waals surface area (Å²) < 4.78 is 14.0. The Labute approximate surface area is 251 Å². The Kier molecular flexibility index (Phi) is 13.1. The molecule has 0 spiro atoms. The highest BCUT2D eigenvalue weighted by atomic mass is 16.5. The molecular weight excluding hydrogens is 528 g/mol. The van der Waals surface area contributed by atoms with E-state index in [1.165, 1.54) is 10.6 Å². The van der Waals surface area contributed by atoms with Gasteiger partial charge in [0, 0.05) is 54.2 Å². The summed E-state index contributed by atoms with van der Waals surface area (Å²) in [5.74, 6) is 1.71. The minimum absolute atomic E-state index is 0.0196. The molecule has 2 unspecified atom stereocenters. The molecule has 0 saturated carbocycles. The van der Waals surface area contributed by atoms with Gasteiger partial charge >= 0.3 is 0 Å². The van der Waals surface area contributed by atoms with Crippen LogP contribution in [0.15, 0.2) is 63.7 Å². The maximum absolute atomic E-state index is 9.96. The van der Waals surface area contributed by atoms with Crippen molar-refractivity contribution in [3.05, 3.63) is 69.2 Å². The number of aliphatic imine (C=N–C) groups is 1. The first-order valence-electron chi connectivity index (χ1n) is 14.6. The molecule has 42 heavy (non-hydrogen) atoms. The summed E-state index contributed by atoms with van der Waals surface area (Å²) in [6.07, 6.45) is 14.5. The first-order chi connectivity index (χ1) is 19.9. The fourth-order valence-corrected chi connectivity index (χ4v) is 5.09. The second kappa shape index (κ2) is 16.0. The number of nitriles is 1. The van der Waals surface area contributed by atoms with Gasteiger partial charge in [0.15, 0.2) is 0 Å². The second-order valence-corrected chi connectivity index (χ2v) is 11.5. The number of amidine groups is 1. The maximum Gasteiger partial charge on any atom is 0.290 e. The van der Waals surface area contributed by atoms with Gasteiger partial charge in [0.2, 0.25) is 0 Å². The Morgan fingerprint density at radius 1 is 1.29 bits per heavy atom. The van der Waals surface area contributed by atoms with E-state index < -0.39 is 0 Å². The Morgan fingerprint density at radius 3 is 2.45 bits per heavy atom. The topological polar surface area (TPSA) is 109 Å². The highest BCUT2D eigenvalue weighted by molar-refractivity contribution is 6.05. The van der Waals surface area contributed by atoms with E-state index in [0.717, 1.165) is 35.5 Å². The third kappa shape index (κ3) is 8.83. The molecule has 228 valence electrons. The second-order valence-electron chi connectivity index (χ2n) is 11.5. The monoisotopic (exact) mass is 576 g/mol. The van der Waals surface area contributed by atoms with Gasteiger partial charge in [0.25, 0.3) is 6.47 Å².